The summed E-state index contributed by atoms with van der Waals surface area (Å²) < 4.78 is 11.6. The van der Waals surface area contributed by atoms with Crippen LogP contribution in [0.15, 0.2) is 48.5 Å². The average molecular weight is 342 g/mol. The molecule has 0 amide bonds. The summed E-state index contributed by atoms with van der Waals surface area (Å²) in [7, 11) is 0. The van der Waals surface area contributed by atoms with Crippen LogP contribution >= 0.6 is 0 Å². The molecule has 0 fully saturated rings. The number of ketones is 1. The topological polar surface area (TPSA) is 55.8 Å². The molecule has 0 bridgehead atoms. The van der Waals surface area contributed by atoms with Gasteiger partial charge in [0.05, 0.1) is 12.7 Å². The van der Waals surface area contributed by atoms with Crippen molar-refractivity contribution in [3.8, 4) is 11.5 Å². The summed E-state index contributed by atoms with van der Waals surface area (Å²) in [6.45, 7) is 8.70. The Bertz CT molecular complexity index is 685. The van der Waals surface area contributed by atoms with Gasteiger partial charge in [-0.1, -0.05) is 0 Å². The second-order valence-electron chi connectivity index (χ2n) is 6.93. The Kier molecular flexibility index (Phi) is 6.21. The number of phenolic OH excluding ortho intramolecular Hbond substituents is 1. The molecule has 0 aliphatic heterocycles. The van der Waals surface area contributed by atoms with Gasteiger partial charge in [-0.15, -0.1) is 0 Å². The molecule has 0 aromatic heterocycles. The summed E-state index contributed by atoms with van der Waals surface area (Å²) in [4.78, 5) is 12.4. The average Bonchev–Trinajstić information content (AvgIpc) is 2.54. The number of phenols is 1. The molecule has 0 atom stereocenters. The van der Waals surface area contributed by atoms with Gasteiger partial charge in [0, 0.05) is 17.5 Å². The van der Waals surface area contributed by atoms with Gasteiger partial charge >= 0.3 is 0 Å². The third kappa shape index (κ3) is 5.91. The Morgan fingerprint density at radius 2 is 1.52 bits per heavy atom. The molecular formula is C21H26O4. The van der Waals surface area contributed by atoms with E-state index in [1.807, 2.05) is 27.7 Å². The van der Waals surface area contributed by atoms with Gasteiger partial charge in [0.1, 0.15) is 17.1 Å². The van der Waals surface area contributed by atoms with Crippen molar-refractivity contribution >= 4 is 5.78 Å². The van der Waals surface area contributed by atoms with Gasteiger partial charge in [-0.25, -0.2) is 0 Å². The fourth-order valence-electron chi connectivity index (χ4n) is 2.36. The standard InChI is InChI=1S/C21H26O4/c1-15(2)24-14-13-21(3,4)25-19-11-7-17(8-12-19)20(23)16-5-9-18(22)10-6-16/h5-12,15,22H,13-14H2,1-4H3. The van der Waals surface area contributed by atoms with Crippen LogP contribution in [0.5, 0.6) is 11.5 Å². The summed E-state index contributed by atoms with van der Waals surface area (Å²) in [5.41, 5.74) is 0.772. The van der Waals surface area contributed by atoms with E-state index in [9.17, 15) is 9.90 Å². The third-order valence-electron chi connectivity index (χ3n) is 3.80. The van der Waals surface area contributed by atoms with E-state index in [-0.39, 0.29) is 23.2 Å². The molecule has 1 N–H and O–H groups in total. The molecular weight excluding hydrogens is 316 g/mol. The fraction of sp³-hybridized carbons (Fsp3) is 0.381. The van der Waals surface area contributed by atoms with Crippen molar-refractivity contribution in [2.45, 2.75) is 45.8 Å². The molecule has 0 unspecified atom stereocenters. The number of aromatic hydroxyl groups is 1. The second kappa shape index (κ2) is 8.17. The van der Waals surface area contributed by atoms with E-state index in [2.05, 4.69) is 0 Å². The molecule has 0 saturated heterocycles. The van der Waals surface area contributed by atoms with Gasteiger partial charge in [-0.2, -0.15) is 0 Å². The van der Waals surface area contributed by atoms with Crippen LogP contribution in [0.1, 0.15) is 50.0 Å². The number of rotatable bonds is 8. The maximum Gasteiger partial charge on any atom is 0.193 e. The molecule has 2 aromatic carbocycles. The van der Waals surface area contributed by atoms with E-state index >= 15 is 0 Å². The van der Waals surface area contributed by atoms with Crippen molar-refractivity contribution in [2.75, 3.05) is 6.61 Å². The quantitative estimate of drug-likeness (QED) is 0.713. The molecule has 4 heteroatoms. The van der Waals surface area contributed by atoms with Crippen LogP contribution in [0, 0.1) is 0 Å². The largest absolute Gasteiger partial charge is 0.508 e. The van der Waals surface area contributed by atoms with Crippen molar-refractivity contribution in [1.82, 2.24) is 0 Å². The van der Waals surface area contributed by atoms with Crippen molar-refractivity contribution in [3.05, 3.63) is 59.7 Å². The second-order valence-corrected chi connectivity index (χ2v) is 6.93. The molecule has 25 heavy (non-hydrogen) atoms. The lowest BCUT2D eigenvalue weighted by Gasteiger charge is -2.27. The van der Waals surface area contributed by atoms with E-state index in [0.29, 0.717) is 17.7 Å². The highest BCUT2D eigenvalue weighted by Gasteiger charge is 2.20. The Morgan fingerprint density at radius 1 is 1.00 bits per heavy atom. The first-order valence-corrected chi connectivity index (χ1v) is 8.51. The Morgan fingerprint density at radius 3 is 2.04 bits per heavy atom. The summed E-state index contributed by atoms with van der Waals surface area (Å²) in [5, 5.41) is 9.31. The molecule has 0 aliphatic carbocycles. The summed E-state index contributed by atoms with van der Waals surface area (Å²) in [5.74, 6) is 0.775. The van der Waals surface area contributed by atoms with E-state index in [1.165, 1.54) is 12.1 Å². The lowest BCUT2D eigenvalue weighted by atomic mass is 10.0. The van der Waals surface area contributed by atoms with Gasteiger partial charge in [0.2, 0.25) is 0 Å². The van der Waals surface area contributed by atoms with E-state index in [1.54, 1.807) is 36.4 Å². The van der Waals surface area contributed by atoms with Crippen LogP contribution in [-0.2, 0) is 4.74 Å². The van der Waals surface area contributed by atoms with Crippen LogP contribution < -0.4 is 4.74 Å². The van der Waals surface area contributed by atoms with Gasteiger partial charge < -0.3 is 14.6 Å². The van der Waals surface area contributed by atoms with E-state index < -0.39 is 0 Å². The zero-order valence-electron chi connectivity index (χ0n) is 15.3. The molecule has 2 rings (SSSR count). The first kappa shape index (κ1) is 19.0. The first-order valence-electron chi connectivity index (χ1n) is 8.51. The van der Waals surface area contributed by atoms with Crippen LogP contribution in [-0.4, -0.2) is 29.2 Å². The fourth-order valence-corrected chi connectivity index (χ4v) is 2.36. The Balaban J connectivity index is 1.99. The monoisotopic (exact) mass is 342 g/mol. The van der Waals surface area contributed by atoms with E-state index in [4.69, 9.17) is 9.47 Å². The molecule has 2 aromatic rings. The number of benzene rings is 2. The van der Waals surface area contributed by atoms with Crippen molar-refractivity contribution < 1.29 is 19.4 Å². The summed E-state index contributed by atoms with van der Waals surface area (Å²) in [6.07, 6.45) is 0.986. The maximum absolute atomic E-state index is 12.4. The third-order valence-corrected chi connectivity index (χ3v) is 3.80. The predicted octanol–water partition coefficient (Wildman–Crippen LogP) is 4.60. The highest BCUT2D eigenvalue weighted by Crippen LogP contribution is 2.23. The predicted molar refractivity (Wildman–Crippen MR) is 98.4 cm³/mol. The SMILES string of the molecule is CC(C)OCCC(C)(C)Oc1ccc(C(=O)c2ccc(O)cc2)cc1. The van der Waals surface area contributed by atoms with Gasteiger partial charge in [0.25, 0.3) is 0 Å². The Hall–Kier alpha value is -2.33. The highest BCUT2D eigenvalue weighted by atomic mass is 16.5. The molecule has 0 radical (unpaired) electrons. The molecule has 134 valence electrons. The van der Waals surface area contributed by atoms with Gasteiger partial charge in [0.15, 0.2) is 5.78 Å². The minimum absolute atomic E-state index is 0.0869. The zero-order chi connectivity index (χ0) is 18.4. The lowest BCUT2D eigenvalue weighted by molar-refractivity contribution is 0.0231. The number of hydrogen-bond donors (Lipinski definition) is 1. The number of hydrogen-bond acceptors (Lipinski definition) is 4. The summed E-state index contributed by atoms with van der Waals surface area (Å²) >= 11 is 0. The van der Waals surface area contributed by atoms with Crippen LogP contribution in [0.2, 0.25) is 0 Å². The number of ether oxygens (including phenoxy) is 2. The molecule has 4 nitrogen and oxygen atoms in total. The smallest absolute Gasteiger partial charge is 0.193 e. The minimum atomic E-state index is -0.350. The zero-order valence-corrected chi connectivity index (χ0v) is 15.3. The van der Waals surface area contributed by atoms with Crippen LogP contribution in [0.3, 0.4) is 0 Å². The van der Waals surface area contributed by atoms with Gasteiger partial charge in [-0.05, 0) is 76.2 Å². The van der Waals surface area contributed by atoms with E-state index in [0.717, 1.165) is 12.2 Å². The highest BCUT2D eigenvalue weighted by molar-refractivity contribution is 6.09. The lowest BCUT2D eigenvalue weighted by Crippen LogP contribution is -2.30. The molecule has 0 spiro atoms. The van der Waals surface area contributed by atoms with Crippen molar-refractivity contribution in [3.63, 3.8) is 0 Å². The Labute approximate surface area is 149 Å². The number of carbonyl (C=O) groups excluding carboxylic acids is 1. The van der Waals surface area contributed by atoms with Crippen LogP contribution in [0.4, 0.5) is 0 Å². The molecule has 0 saturated carbocycles. The van der Waals surface area contributed by atoms with Crippen LogP contribution in [0.25, 0.3) is 0 Å². The van der Waals surface area contributed by atoms with Gasteiger partial charge in [-0.3, -0.25) is 4.79 Å². The maximum atomic E-state index is 12.4. The minimum Gasteiger partial charge on any atom is -0.508 e. The van der Waals surface area contributed by atoms with Crippen molar-refractivity contribution in [1.29, 1.82) is 0 Å². The molecule has 0 heterocycles. The molecule has 0 aliphatic rings. The summed E-state index contributed by atoms with van der Waals surface area (Å²) in [6, 6.07) is 13.4. The normalized spacial score (nSPS) is 11.6. The first-order chi connectivity index (χ1) is 11.8. The number of carbonyl (C=O) groups is 1. The van der Waals surface area contributed by atoms with Crippen molar-refractivity contribution in [2.24, 2.45) is 0 Å².